The molecule has 5 heteroatoms. The number of phenolic OH excluding ortho intramolecular Hbond substituents is 1. The van der Waals surface area contributed by atoms with Crippen molar-refractivity contribution in [3.05, 3.63) is 46.3 Å². The van der Waals surface area contributed by atoms with Crippen molar-refractivity contribution in [1.29, 1.82) is 0 Å². The minimum absolute atomic E-state index is 0.0606. The van der Waals surface area contributed by atoms with Gasteiger partial charge in [0.25, 0.3) is 0 Å². The van der Waals surface area contributed by atoms with Gasteiger partial charge in [0.15, 0.2) is 5.75 Å². The van der Waals surface area contributed by atoms with Gasteiger partial charge >= 0.3 is 0 Å². The van der Waals surface area contributed by atoms with Gasteiger partial charge in [0.2, 0.25) is 0 Å². The highest BCUT2D eigenvalue weighted by atomic mass is 35.5. The highest BCUT2D eigenvalue weighted by Crippen LogP contribution is 2.35. The van der Waals surface area contributed by atoms with E-state index in [1.807, 2.05) is 13.0 Å². The van der Waals surface area contributed by atoms with Gasteiger partial charge in [-0.3, -0.25) is 0 Å². The predicted octanol–water partition coefficient (Wildman–Crippen LogP) is 4.47. The van der Waals surface area contributed by atoms with Crippen LogP contribution in [0.3, 0.4) is 0 Å². The molecule has 0 saturated heterocycles. The minimum atomic E-state index is -0.102. The number of hydrogen-bond acceptors (Lipinski definition) is 3. The third-order valence-electron chi connectivity index (χ3n) is 2.44. The first-order chi connectivity index (χ1) is 8.08. The molecule has 0 aliphatic rings. The SMILES string of the molecule is CC(Nc1cc(Cl)c(O)c(Cl)c1)c1ccoc1. The Morgan fingerprint density at radius 3 is 2.47 bits per heavy atom. The number of nitrogens with one attached hydrogen (secondary N) is 1. The molecule has 0 aliphatic carbocycles. The van der Waals surface area contributed by atoms with Gasteiger partial charge in [-0.15, -0.1) is 0 Å². The zero-order valence-corrected chi connectivity index (χ0v) is 10.6. The largest absolute Gasteiger partial charge is 0.505 e. The highest BCUT2D eigenvalue weighted by molar-refractivity contribution is 6.37. The van der Waals surface area contributed by atoms with E-state index in [1.165, 1.54) is 0 Å². The maximum Gasteiger partial charge on any atom is 0.152 e. The van der Waals surface area contributed by atoms with Crippen molar-refractivity contribution >= 4 is 28.9 Å². The lowest BCUT2D eigenvalue weighted by Gasteiger charge is -2.14. The topological polar surface area (TPSA) is 45.4 Å². The van der Waals surface area contributed by atoms with Crippen LogP contribution in [-0.2, 0) is 0 Å². The molecular formula is C12H11Cl2NO2. The maximum absolute atomic E-state index is 9.44. The Balaban J connectivity index is 2.19. The van der Waals surface area contributed by atoms with Gasteiger partial charge in [0, 0.05) is 11.3 Å². The van der Waals surface area contributed by atoms with E-state index in [0.717, 1.165) is 11.3 Å². The normalized spacial score (nSPS) is 12.4. The zero-order chi connectivity index (χ0) is 12.4. The number of anilines is 1. The molecule has 2 aromatic rings. The molecule has 2 N–H and O–H groups in total. The van der Waals surface area contributed by atoms with E-state index in [9.17, 15) is 5.11 Å². The Morgan fingerprint density at radius 1 is 1.29 bits per heavy atom. The Bertz CT molecular complexity index is 488. The molecule has 0 amide bonds. The highest BCUT2D eigenvalue weighted by Gasteiger charge is 2.10. The fraction of sp³-hybridized carbons (Fsp3) is 0.167. The maximum atomic E-state index is 9.44. The van der Waals surface area contributed by atoms with Crippen LogP contribution in [0.5, 0.6) is 5.75 Å². The van der Waals surface area contributed by atoms with Crippen LogP contribution in [-0.4, -0.2) is 5.11 Å². The summed E-state index contributed by atoms with van der Waals surface area (Å²) in [5.74, 6) is -0.102. The molecule has 0 bridgehead atoms. The summed E-state index contributed by atoms with van der Waals surface area (Å²) in [4.78, 5) is 0. The van der Waals surface area contributed by atoms with Gasteiger partial charge in [-0.1, -0.05) is 23.2 Å². The van der Waals surface area contributed by atoms with Gasteiger partial charge in [-0.2, -0.15) is 0 Å². The van der Waals surface area contributed by atoms with Crippen molar-refractivity contribution in [1.82, 2.24) is 0 Å². The average Bonchev–Trinajstić information content (AvgIpc) is 2.79. The van der Waals surface area contributed by atoms with Crippen LogP contribution in [0.4, 0.5) is 5.69 Å². The van der Waals surface area contributed by atoms with Crippen LogP contribution in [0.25, 0.3) is 0 Å². The molecule has 1 aromatic heterocycles. The first kappa shape index (κ1) is 12.1. The van der Waals surface area contributed by atoms with Crippen molar-refractivity contribution in [2.45, 2.75) is 13.0 Å². The summed E-state index contributed by atoms with van der Waals surface area (Å²) < 4.78 is 5.01. The Kier molecular flexibility index (Phi) is 3.50. The Hall–Kier alpha value is -1.32. The molecule has 0 saturated carbocycles. The summed E-state index contributed by atoms with van der Waals surface area (Å²) in [5, 5.41) is 13.1. The molecule has 17 heavy (non-hydrogen) atoms. The van der Waals surface area contributed by atoms with Crippen molar-refractivity contribution < 1.29 is 9.52 Å². The van der Waals surface area contributed by atoms with E-state index in [-0.39, 0.29) is 21.8 Å². The third-order valence-corrected chi connectivity index (χ3v) is 3.02. The summed E-state index contributed by atoms with van der Waals surface area (Å²) >= 11 is 11.7. The minimum Gasteiger partial charge on any atom is -0.505 e. The van der Waals surface area contributed by atoms with E-state index in [0.29, 0.717) is 0 Å². The molecule has 0 fully saturated rings. The molecule has 1 aromatic carbocycles. The van der Waals surface area contributed by atoms with E-state index in [1.54, 1.807) is 24.7 Å². The average molecular weight is 272 g/mol. The van der Waals surface area contributed by atoms with E-state index in [4.69, 9.17) is 27.6 Å². The number of halogens is 2. The lowest BCUT2D eigenvalue weighted by Crippen LogP contribution is -2.05. The molecule has 1 unspecified atom stereocenters. The second-order valence-electron chi connectivity index (χ2n) is 3.71. The van der Waals surface area contributed by atoms with Crippen molar-refractivity contribution in [3.63, 3.8) is 0 Å². The van der Waals surface area contributed by atoms with Crippen LogP contribution in [0.2, 0.25) is 10.0 Å². The molecule has 1 heterocycles. The smallest absolute Gasteiger partial charge is 0.152 e. The quantitative estimate of drug-likeness (QED) is 0.810. The fourth-order valence-electron chi connectivity index (χ4n) is 1.50. The van der Waals surface area contributed by atoms with Gasteiger partial charge in [-0.05, 0) is 25.1 Å². The molecule has 1 atom stereocenters. The first-order valence-corrected chi connectivity index (χ1v) is 5.80. The predicted molar refractivity (Wildman–Crippen MR) is 68.9 cm³/mol. The fourth-order valence-corrected chi connectivity index (χ4v) is 1.99. The molecule has 90 valence electrons. The summed E-state index contributed by atoms with van der Waals surface area (Å²) in [6, 6.07) is 5.19. The molecular weight excluding hydrogens is 261 g/mol. The standard InChI is InChI=1S/C12H11Cl2NO2/c1-7(8-2-3-17-6-8)15-9-4-10(13)12(16)11(14)5-9/h2-7,15-16H,1H3. The van der Waals surface area contributed by atoms with Crippen LogP contribution in [0.1, 0.15) is 18.5 Å². The molecule has 2 rings (SSSR count). The van der Waals surface area contributed by atoms with Gasteiger partial charge in [-0.25, -0.2) is 0 Å². The zero-order valence-electron chi connectivity index (χ0n) is 9.08. The van der Waals surface area contributed by atoms with Crippen LogP contribution in [0.15, 0.2) is 35.1 Å². The molecule has 0 aliphatic heterocycles. The summed E-state index contributed by atoms with van der Waals surface area (Å²) in [6.07, 6.45) is 3.28. The number of furan rings is 1. The summed E-state index contributed by atoms with van der Waals surface area (Å²) in [6.45, 7) is 1.99. The summed E-state index contributed by atoms with van der Waals surface area (Å²) in [7, 11) is 0. The van der Waals surface area contributed by atoms with Crippen molar-refractivity contribution in [2.24, 2.45) is 0 Å². The Morgan fingerprint density at radius 2 is 1.94 bits per heavy atom. The second-order valence-corrected chi connectivity index (χ2v) is 4.53. The lowest BCUT2D eigenvalue weighted by atomic mass is 10.1. The number of benzene rings is 1. The van der Waals surface area contributed by atoms with Crippen LogP contribution in [0, 0.1) is 0 Å². The van der Waals surface area contributed by atoms with Crippen LogP contribution < -0.4 is 5.32 Å². The van der Waals surface area contributed by atoms with Gasteiger partial charge < -0.3 is 14.8 Å². The van der Waals surface area contributed by atoms with Crippen molar-refractivity contribution in [2.75, 3.05) is 5.32 Å². The lowest BCUT2D eigenvalue weighted by molar-refractivity contribution is 0.476. The number of rotatable bonds is 3. The Labute approximate surface area is 109 Å². The molecule has 0 spiro atoms. The van der Waals surface area contributed by atoms with Crippen molar-refractivity contribution in [3.8, 4) is 5.75 Å². The van der Waals surface area contributed by atoms with E-state index >= 15 is 0 Å². The third kappa shape index (κ3) is 2.68. The number of hydrogen-bond donors (Lipinski definition) is 2. The van der Waals surface area contributed by atoms with Gasteiger partial charge in [0.1, 0.15) is 0 Å². The monoisotopic (exact) mass is 271 g/mol. The van der Waals surface area contributed by atoms with E-state index < -0.39 is 0 Å². The molecule has 0 radical (unpaired) electrons. The van der Waals surface area contributed by atoms with E-state index in [2.05, 4.69) is 5.32 Å². The molecule has 3 nitrogen and oxygen atoms in total. The number of phenols is 1. The van der Waals surface area contributed by atoms with Gasteiger partial charge in [0.05, 0.1) is 28.6 Å². The summed E-state index contributed by atoms with van der Waals surface area (Å²) in [5.41, 5.74) is 1.76. The number of aromatic hydroxyl groups is 1. The first-order valence-electron chi connectivity index (χ1n) is 5.04. The second kappa shape index (κ2) is 4.90. The van der Waals surface area contributed by atoms with Crippen LogP contribution >= 0.6 is 23.2 Å².